The Morgan fingerprint density at radius 3 is 2.32 bits per heavy atom. The van der Waals surface area contributed by atoms with Crippen molar-refractivity contribution in [2.24, 2.45) is 0 Å². The minimum absolute atomic E-state index is 0.140. The second-order valence-electron chi connectivity index (χ2n) is 7.60. The largest absolute Gasteiger partial charge is 0.393 e. The van der Waals surface area contributed by atoms with E-state index >= 15 is 0 Å². The number of hydrogen-bond acceptors (Lipinski definition) is 4. The average molecular weight is 339 g/mol. The molecule has 4 nitrogen and oxygen atoms in total. The smallest absolute Gasteiger partial charge is 0.136 e. The summed E-state index contributed by atoms with van der Waals surface area (Å²) < 4.78 is 6.43. The van der Waals surface area contributed by atoms with Gasteiger partial charge in [-0.1, -0.05) is 55.0 Å². The molecule has 0 saturated carbocycles. The molecule has 0 radical (unpaired) electrons. The van der Waals surface area contributed by atoms with Crippen LogP contribution in [0.25, 0.3) is 0 Å². The van der Waals surface area contributed by atoms with Gasteiger partial charge in [0, 0.05) is 18.2 Å². The average Bonchev–Trinajstić information content (AvgIpc) is 3.04. The summed E-state index contributed by atoms with van der Waals surface area (Å²) in [7, 11) is 2.02. The number of anilines is 1. The number of para-hydroxylation sites is 1. The molecule has 2 aliphatic heterocycles. The number of aliphatic hydroxyl groups is 2. The lowest BCUT2D eigenvalue weighted by molar-refractivity contribution is -0.109. The molecule has 0 spiro atoms. The van der Waals surface area contributed by atoms with Crippen molar-refractivity contribution in [3.8, 4) is 0 Å². The van der Waals surface area contributed by atoms with E-state index in [9.17, 15) is 10.2 Å². The highest BCUT2D eigenvalue weighted by atomic mass is 16.5. The highest BCUT2D eigenvalue weighted by Gasteiger charge is 2.67. The van der Waals surface area contributed by atoms with E-state index in [-0.39, 0.29) is 30.8 Å². The summed E-state index contributed by atoms with van der Waals surface area (Å²) in [6.45, 7) is 3.82. The molecule has 132 valence electrons. The van der Waals surface area contributed by atoms with E-state index in [1.165, 1.54) is 11.1 Å². The second-order valence-corrected chi connectivity index (χ2v) is 7.60. The van der Waals surface area contributed by atoms with Gasteiger partial charge in [-0.15, -0.1) is 0 Å². The SMILES string of the molecule is Cc1ccc(C2OC(CO)(CO)C3N(C)c4ccccc4C23C)cc1. The van der Waals surface area contributed by atoms with E-state index in [0.717, 1.165) is 11.3 Å². The number of likely N-dealkylation sites (N-methyl/N-ethyl adjacent to an activating group) is 1. The summed E-state index contributed by atoms with van der Waals surface area (Å²) in [5.41, 5.74) is 3.26. The Morgan fingerprint density at radius 2 is 1.68 bits per heavy atom. The monoisotopic (exact) mass is 339 g/mol. The molecule has 0 bridgehead atoms. The van der Waals surface area contributed by atoms with Gasteiger partial charge in [0.05, 0.1) is 25.4 Å². The van der Waals surface area contributed by atoms with Crippen molar-refractivity contribution in [2.45, 2.75) is 37.0 Å². The maximum Gasteiger partial charge on any atom is 0.136 e. The van der Waals surface area contributed by atoms with Crippen molar-refractivity contribution in [2.75, 3.05) is 25.2 Å². The summed E-state index contributed by atoms with van der Waals surface area (Å²) in [5.74, 6) is 0. The van der Waals surface area contributed by atoms with E-state index in [1.54, 1.807) is 0 Å². The number of nitrogens with zero attached hydrogens (tertiary/aromatic N) is 1. The number of hydrogen-bond donors (Lipinski definition) is 2. The number of fused-ring (bicyclic) bond motifs is 3. The van der Waals surface area contributed by atoms with Gasteiger partial charge in [0.1, 0.15) is 5.60 Å². The van der Waals surface area contributed by atoms with Gasteiger partial charge in [0.15, 0.2) is 0 Å². The van der Waals surface area contributed by atoms with Crippen LogP contribution in [0.5, 0.6) is 0 Å². The fourth-order valence-electron chi connectivity index (χ4n) is 4.98. The number of rotatable bonds is 3. The van der Waals surface area contributed by atoms with Crippen LogP contribution in [-0.4, -0.2) is 42.1 Å². The molecular formula is C21H25NO3. The Labute approximate surface area is 148 Å². The topological polar surface area (TPSA) is 52.9 Å². The maximum absolute atomic E-state index is 10.2. The predicted octanol–water partition coefficient (Wildman–Crippen LogP) is 2.57. The Kier molecular flexibility index (Phi) is 3.69. The van der Waals surface area contributed by atoms with Gasteiger partial charge in [-0.3, -0.25) is 0 Å². The first-order chi connectivity index (χ1) is 12.0. The van der Waals surface area contributed by atoms with Gasteiger partial charge < -0.3 is 19.8 Å². The molecule has 1 saturated heterocycles. The summed E-state index contributed by atoms with van der Waals surface area (Å²) in [5, 5.41) is 20.3. The lowest BCUT2D eigenvalue weighted by Crippen LogP contribution is -2.57. The molecule has 3 atom stereocenters. The van der Waals surface area contributed by atoms with E-state index in [0.29, 0.717) is 0 Å². The van der Waals surface area contributed by atoms with Gasteiger partial charge in [0.25, 0.3) is 0 Å². The van der Waals surface area contributed by atoms with E-state index in [2.05, 4.69) is 55.1 Å². The zero-order valence-corrected chi connectivity index (χ0v) is 14.9. The van der Waals surface area contributed by atoms with Gasteiger partial charge in [-0.2, -0.15) is 0 Å². The van der Waals surface area contributed by atoms with E-state index in [4.69, 9.17) is 4.74 Å². The minimum Gasteiger partial charge on any atom is -0.393 e. The number of ether oxygens (including phenoxy) is 1. The van der Waals surface area contributed by atoms with E-state index in [1.807, 2.05) is 19.2 Å². The third-order valence-corrected chi connectivity index (χ3v) is 6.13. The van der Waals surface area contributed by atoms with Crippen LogP contribution in [0.2, 0.25) is 0 Å². The zero-order chi connectivity index (χ0) is 17.8. The molecular weight excluding hydrogens is 314 g/mol. The first kappa shape index (κ1) is 16.6. The van der Waals surface area contributed by atoms with Gasteiger partial charge in [-0.25, -0.2) is 0 Å². The first-order valence-electron chi connectivity index (χ1n) is 8.76. The van der Waals surface area contributed by atoms with Crippen LogP contribution >= 0.6 is 0 Å². The molecule has 2 aliphatic rings. The second kappa shape index (κ2) is 5.56. The summed E-state index contributed by atoms with van der Waals surface area (Å²) in [4.78, 5) is 2.16. The molecule has 2 heterocycles. The normalized spacial score (nSPS) is 29.6. The van der Waals surface area contributed by atoms with E-state index < -0.39 is 5.60 Å². The fourth-order valence-corrected chi connectivity index (χ4v) is 4.98. The Bertz CT molecular complexity index is 784. The van der Waals surface area contributed by atoms with Crippen LogP contribution < -0.4 is 4.90 Å². The Hall–Kier alpha value is -1.88. The van der Waals surface area contributed by atoms with Crippen molar-refractivity contribution in [1.29, 1.82) is 0 Å². The Balaban J connectivity index is 1.93. The third kappa shape index (κ3) is 2.05. The highest BCUT2D eigenvalue weighted by Crippen LogP contribution is 2.61. The molecule has 2 N–H and O–H groups in total. The summed E-state index contributed by atoms with van der Waals surface area (Å²) >= 11 is 0. The van der Waals surface area contributed by atoms with Crippen molar-refractivity contribution in [1.82, 2.24) is 0 Å². The number of aliphatic hydroxyl groups excluding tert-OH is 2. The number of benzene rings is 2. The molecule has 25 heavy (non-hydrogen) atoms. The number of aryl methyl sites for hydroxylation is 1. The van der Waals surface area contributed by atoms with Crippen LogP contribution in [0.1, 0.15) is 29.7 Å². The van der Waals surface area contributed by atoms with Crippen molar-refractivity contribution < 1.29 is 14.9 Å². The maximum atomic E-state index is 10.2. The Morgan fingerprint density at radius 1 is 1.04 bits per heavy atom. The van der Waals surface area contributed by atoms with Crippen LogP contribution in [-0.2, 0) is 10.2 Å². The third-order valence-electron chi connectivity index (χ3n) is 6.13. The predicted molar refractivity (Wildman–Crippen MR) is 97.9 cm³/mol. The van der Waals surface area contributed by atoms with Crippen LogP contribution in [0, 0.1) is 6.92 Å². The minimum atomic E-state index is -1.00. The summed E-state index contributed by atoms with van der Waals surface area (Å²) in [6, 6.07) is 16.5. The standard InChI is InChI=1S/C21H25NO3/c1-14-8-10-15(11-9-14)18-20(2)16-6-4-5-7-17(16)22(3)19(20)21(12-23,13-24)25-18/h4-11,18-19,23-24H,12-13H2,1-3H3. The van der Waals surface area contributed by atoms with Crippen molar-refractivity contribution in [3.05, 3.63) is 65.2 Å². The fraction of sp³-hybridized carbons (Fsp3) is 0.429. The molecule has 2 aromatic carbocycles. The zero-order valence-electron chi connectivity index (χ0n) is 14.9. The van der Waals surface area contributed by atoms with Crippen LogP contribution in [0.15, 0.2) is 48.5 Å². The molecule has 1 fully saturated rings. The first-order valence-corrected chi connectivity index (χ1v) is 8.76. The molecule has 2 aromatic rings. The molecule has 0 aromatic heterocycles. The highest BCUT2D eigenvalue weighted by molar-refractivity contribution is 5.67. The molecule has 4 heteroatoms. The quantitative estimate of drug-likeness (QED) is 0.902. The van der Waals surface area contributed by atoms with Gasteiger partial charge in [0.2, 0.25) is 0 Å². The lowest BCUT2D eigenvalue weighted by Gasteiger charge is -2.37. The molecule has 0 amide bonds. The molecule has 3 unspecified atom stereocenters. The van der Waals surface area contributed by atoms with Gasteiger partial charge in [-0.05, 0) is 24.1 Å². The molecule has 0 aliphatic carbocycles. The van der Waals surface area contributed by atoms with Crippen LogP contribution in [0.3, 0.4) is 0 Å². The lowest BCUT2D eigenvalue weighted by atomic mass is 9.70. The van der Waals surface area contributed by atoms with Gasteiger partial charge >= 0.3 is 0 Å². The van der Waals surface area contributed by atoms with Crippen molar-refractivity contribution >= 4 is 5.69 Å². The van der Waals surface area contributed by atoms with Crippen molar-refractivity contribution in [3.63, 3.8) is 0 Å². The molecule has 4 rings (SSSR count). The summed E-state index contributed by atoms with van der Waals surface area (Å²) in [6.07, 6.45) is -0.233. The van der Waals surface area contributed by atoms with Crippen LogP contribution in [0.4, 0.5) is 5.69 Å².